The lowest BCUT2D eigenvalue weighted by Crippen LogP contribution is -2.56. The number of rotatable bonds is 7. The number of amides is 1. The number of benzene rings is 1. The first-order valence-electron chi connectivity index (χ1n) is 10.5. The van der Waals surface area contributed by atoms with Gasteiger partial charge in [0.15, 0.2) is 0 Å². The molecule has 1 aromatic carbocycles. The number of aromatic nitrogens is 2. The average molecular weight is 483 g/mol. The molecule has 2 heterocycles. The van der Waals surface area contributed by atoms with Crippen LogP contribution in [0, 0.1) is 13.8 Å². The molecule has 1 fully saturated rings. The molecule has 9 nitrogen and oxygen atoms in total. The fourth-order valence-corrected chi connectivity index (χ4v) is 3.10. The molecule has 0 spiro atoms. The van der Waals surface area contributed by atoms with Gasteiger partial charge < -0.3 is 25.4 Å². The lowest BCUT2D eigenvalue weighted by molar-refractivity contribution is -0.192. The third-order valence-electron chi connectivity index (χ3n) is 4.77. The van der Waals surface area contributed by atoms with Crippen molar-refractivity contribution in [1.82, 2.24) is 14.9 Å². The van der Waals surface area contributed by atoms with Gasteiger partial charge in [0.25, 0.3) is 0 Å². The number of aliphatic carboxylic acids is 1. The average Bonchev–Trinajstić information content (AvgIpc) is 2.70. The minimum absolute atomic E-state index is 0.111. The summed E-state index contributed by atoms with van der Waals surface area (Å²) in [5, 5.41) is 13.9. The van der Waals surface area contributed by atoms with Gasteiger partial charge in [0.2, 0.25) is 5.91 Å². The van der Waals surface area contributed by atoms with Crippen molar-refractivity contribution < 1.29 is 32.6 Å². The van der Waals surface area contributed by atoms with Crippen LogP contribution in [0.15, 0.2) is 24.3 Å². The summed E-state index contributed by atoms with van der Waals surface area (Å²) in [6, 6.07) is 8.33. The van der Waals surface area contributed by atoms with Gasteiger partial charge in [-0.25, -0.2) is 14.8 Å². The third kappa shape index (κ3) is 8.09. The number of alkyl halides is 3. The Balaban J connectivity index is 0.000000509. The third-order valence-corrected chi connectivity index (χ3v) is 4.77. The van der Waals surface area contributed by atoms with Gasteiger partial charge in [0.1, 0.15) is 23.2 Å². The van der Waals surface area contributed by atoms with Crippen LogP contribution in [0.4, 0.5) is 24.8 Å². The lowest BCUT2D eigenvalue weighted by Gasteiger charge is -2.39. The quantitative estimate of drug-likeness (QED) is 0.549. The van der Waals surface area contributed by atoms with Crippen molar-refractivity contribution in [2.45, 2.75) is 46.5 Å². The highest BCUT2D eigenvalue weighted by Gasteiger charge is 2.38. The number of nitrogens with zero attached hydrogens (tertiary/aromatic N) is 3. The van der Waals surface area contributed by atoms with E-state index in [1.54, 1.807) is 11.8 Å². The molecule has 1 saturated heterocycles. The van der Waals surface area contributed by atoms with Crippen molar-refractivity contribution in [3.05, 3.63) is 41.2 Å². The fourth-order valence-electron chi connectivity index (χ4n) is 3.10. The van der Waals surface area contributed by atoms with Crippen LogP contribution in [0.2, 0.25) is 0 Å². The van der Waals surface area contributed by atoms with E-state index in [2.05, 4.69) is 32.7 Å². The predicted molar refractivity (Wildman–Crippen MR) is 120 cm³/mol. The Labute approximate surface area is 195 Å². The minimum atomic E-state index is -5.08. The van der Waals surface area contributed by atoms with Crippen LogP contribution < -0.4 is 15.4 Å². The molecule has 12 heteroatoms. The van der Waals surface area contributed by atoms with Crippen LogP contribution in [0.5, 0.6) is 5.75 Å². The number of aryl methyl sites for hydroxylation is 2. The number of halogens is 3. The topological polar surface area (TPSA) is 117 Å². The highest BCUT2D eigenvalue weighted by atomic mass is 19.4. The number of carboxylic acid groups (broad SMARTS) is 1. The summed E-state index contributed by atoms with van der Waals surface area (Å²) in [6.07, 6.45) is -5.08. The van der Waals surface area contributed by atoms with E-state index in [9.17, 15) is 18.0 Å². The van der Waals surface area contributed by atoms with Crippen molar-refractivity contribution in [3.8, 4) is 5.75 Å². The first-order chi connectivity index (χ1) is 15.9. The SMILES string of the molecule is CCOc1ccc(CNc2cc(NC3CN(C(C)=O)C3)nc(C)n2)cc1C.O=C(O)C(F)(F)F. The van der Waals surface area contributed by atoms with Crippen LogP contribution in [0.1, 0.15) is 30.8 Å². The summed E-state index contributed by atoms with van der Waals surface area (Å²) in [7, 11) is 0. The number of likely N-dealkylation sites (tertiary alicyclic amines) is 1. The van der Waals surface area contributed by atoms with E-state index in [1.807, 2.05) is 32.9 Å². The number of ether oxygens (including phenoxy) is 1. The zero-order valence-corrected chi connectivity index (χ0v) is 19.4. The Bertz CT molecular complexity index is 1010. The van der Waals surface area contributed by atoms with E-state index in [0.29, 0.717) is 32.1 Å². The molecular formula is C22H28F3N5O4. The molecule has 0 aliphatic carbocycles. The van der Waals surface area contributed by atoms with Crippen molar-refractivity contribution in [3.63, 3.8) is 0 Å². The maximum Gasteiger partial charge on any atom is 0.490 e. The van der Waals surface area contributed by atoms with Gasteiger partial charge in [0.05, 0.1) is 12.6 Å². The van der Waals surface area contributed by atoms with E-state index >= 15 is 0 Å². The van der Waals surface area contributed by atoms with Crippen molar-refractivity contribution in [2.75, 3.05) is 30.3 Å². The molecule has 1 aromatic heterocycles. The largest absolute Gasteiger partial charge is 0.494 e. The van der Waals surface area contributed by atoms with E-state index in [0.717, 1.165) is 28.5 Å². The Morgan fingerprint density at radius 3 is 2.32 bits per heavy atom. The molecular weight excluding hydrogens is 455 g/mol. The molecule has 0 unspecified atom stereocenters. The Hall–Kier alpha value is -3.57. The maximum absolute atomic E-state index is 11.3. The Morgan fingerprint density at radius 2 is 1.79 bits per heavy atom. The van der Waals surface area contributed by atoms with Crippen LogP contribution >= 0.6 is 0 Å². The second kappa shape index (κ2) is 11.5. The van der Waals surface area contributed by atoms with Crippen molar-refractivity contribution >= 4 is 23.5 Å². The minimum Gasteiger partial charge on any atom is -0.494 e. The molecule has 0 bridgehead atoms. The summed E-state index contributed by atoms with van der Waals surface area (Å²) >= 11 is 0. The van der Waals surface area contributed by atoms with Crippen molar-refractivity contribution in [1.29, 1.82) is 0 Å². The van der Waals surface area contributed by atoms with Gasteiger partial charge in [-0.15, -0.1) is 0 Å². The van der Waals surface area contributed by atoms with Crippen LogP contribution in [-0.4, -0.2) is 63.8 Å². The molecule has 0 saturated carbocycles. The molecule has 186 valence electrons. The van der Waals surface area contributed by atoms with Gasteiger partial charge in [0, 0.05) is 32.6 Å². The maximum atomic E-state index is 11.3. The normalized spacial score (nSPS) is 13.3. The molecule has 0 atom stereocenters. The molecule has 34 heavy (non-hydrogen) atoms. The number of carboxylic acids is 1. The van der Waals surface area contributed by atoms with Gasteiger partial charge in [-0.3, -0.25) is 4.79 Å². The predicted octanol–water partition coefficient (Wildman–Crippen LogP) is 3.38. The lowest BCUT2D eigenvalue weighted by atomic mass is 10.1. The second-order valence-corrected chi connectivity index (χ2v) is 7.64. The van der Waals surface area contributed by atoms with Gasteiger partial charge in [-0.05, 0) is 38.0 Å². The molecule has 2 aromatic rings. The van der Waals surface area contributed by atoms with Crippen LogP contribution in [-0.2, 0) is 16.1 Å². The smallest absolute Gasteiger partial charge is 0.490 e. The summed E-state index contributed by atoms with van der Waals surface area (Å²) in [5.74, 6) is 0.534. The number of hydrogen-bond acceptors (Lipinski definition) is 7. The van der Waals surface area contributed by atoms with Gasteiger partial charge in [-0.1, -0.05) is 12.1 Å². The van der Waals surface area contributed by atoms with Gasteiger partial charge >= 0.3 is 12.1 Å². The van der Waals surface area contributed by atoms with E-state index < -0.39 is 12.1 Å². The van der Waals surface area contributed by atoms with Crippen molar-refractivity contribution in [2.24, 2.45) is 0 Å². The Morgan fingerprint density at radius 1 is 1.18 bits per heavy atom. The number of nitrogens with one attached hydrogen (secondary N) is 2. The molecule has 1 amide bonds. The monoisotopic (exact) mass is 483 g/mol. The summed E-state index contributed by atoms with van der Waals surface area (Å²) in [5.41, 5.74) is 2.29. The number of anilines is 2. The summed E-state index contributed by atoms with van der Waals surface area (Å²) in [4.78, 5) is 30.9. The van der Waals surface area contributed by atoms with E-state index in [1.165, 1.54) is 0 Å². The Kier molecular flexibility index (Phi) is 9.04. The first-order valence-corrected chi connectivity index (χ1v) is 10.5. The van der Waals surface area contributed by atoms with E-state index in [-0.39, 0.29) is 11.9 Å². The zero-order valence-electron chi connectivity index (χ0n) is 19.4. The number of hydrogen-bond donors (Lipinski definition) is 3. The molecule has 3 N–H and O–H groups in total. The standard InChI is InChI=1S/C20H27N5O2.C2HF3O2/c1-5-27-18-7-6-16(8-13(18)2)10-21-19-9-20(23-14(3)22-19)24-17-11-25(12-17)15(4)26;3-2(4,5)1(6)7/h6-9,17H,5,10-12H2,1-4H3,(H2,21,22,23,24);(H,6,7). The summed E-state index contributed by atoms with van der Waals surface area (Å²) < 4.78 is 37.3. The number of carbonyl (C=O) groups excluding carboxylic acids is 1. The molecule has 1 aliphatic heterocycles. The highest BCUT2D eigenvalue weighted by Crippen LogP contribution is 2.21. The van der Waals surface area contributed by atoms with Crippen LogP contribution in [0.25, 0.3) is 0 Å². The number of carbonyl (C=O) groups is 2. The molecule has 0 radical (unpaired) electrons. The van der Waals surface area contributed by atoms with Gasteiger partial charge in [-0.2, -0.15) is 13.2 Å². The van der Waals surface area contributed by atoms with E-state index in [4.69, 9.17) is 14.6 Å². The highest BCUT2D eigenvalue weighted by molar-refractivity contribution is 5.74. The fraction of sp³-hybridized carbons (Fsp3) is 0.455. The molecule has 3 rings (SSSR count). The van der Waals surface area contributed by atoms with Crippen LogP contribution in [0.3, 0.4) is 0 Å². The second-order valence-electron chi connectivity index (χ2n) is 7.64. The molecule has 1 aliphatic rings. The first kappa shape index (κ1) is 26.7. The zero-order chi connectivity index (χ0) is 25.5. The summed E-state index contributed by atoms with van der Waals surface area (Å²) in [6.45, 7) is 10.3.